The molecule has 2 heteroatoms. The monoisotopic (exact) mass is 356 g/mol. The number of hydrogen-bond donors (Lipinski definition) is 0. The predicted octanol–water partition coefficient (Wildman–Crippen LogP) is 5.31. The molecule has 6 fully saturated rings. The van der Waals surface area contributed by atoms with Crippen LogP contribution in [-0.2, 0) is 9.53 Å². The van der Waals surface area contributed by atoms with Crippen LogP contribution in [-0.4, -0.2) is 11.6 Å². The highest BCUT2D eigenvalue weighted by molar-refractivity contribution is 5.74. The predicted molar refractivity (Wildman–Crippen MR) is 101 cm³/mol. The van der Waals surface area contributed by atoms with E-state index in [4.69, 9.17) is 4.74 Å². The Hall–Kier alpha value is -0.530. The van der Waals surface area contributed by atoms with Crippen molar-refractivity contribution < 1.29 is 9.53 Å². The average Bonchev–Trinajstić information content (AvgIpc) is 3.43. The fraction of sp³-hybridized carbons (Fsp3) is 0.958. The molecule has 0 N–H and O–H groups in total. The van der Waals surface area contributed by atoms with Gasteiger partial charge in [-0.3, -0.25) is 4.79 Å². The lowest BCUT2D eigenvalue weighted by atomic mass is 9.62. The van der Waals surface area contributed by atoms with Gasteiger partial charge in [0.1, 0.15) is 5.60 Å². The second-order valence-corrected chi connectivity index (χ2v) is 11.4. The van der Waals surface area contributed by atoms with Crippen molar-refractivity contribution in [1.29, 1.82) is 0 Å². The normalized spacial score (nSPS) is 61.4. The number of esters is 1. The maximum atomic E-state index is 13.3. The first-order valence-corrected chi connectivity index (χ1v) is 11.7. The van der Waals surface area contributed by atoms with Gasteiger partial charge in [0.2, 0.25) is 0 Å². The van der Waals surface area contributed by atoms with E-state index in [1.165, 1.54) is 32.1 Å². The number of carbonyl (C=O) groups excluding carboxylic acids is 1. The second kappa shape index (κ2) is 5.29. The Morgan fingerprint density at radius 1 is 0.962 bits per heavy atom. The Labute approximate surface area is 158 Å². The molecule has 6 saturated carbocycles. The first-order chi connectivity index (χ1) is 12.5. The molecule has 6 aliphatic carbocycles. The van der Waals surface area contributed by atoms with Gasteiger partial charge < -0.3 is 4.74 Å². The summed E-state index contributed by atoms with van der Waals surface area (Å²) in [7, 11) is 0. The van der Waals surface area contributed by atoms with Crippen LogP contribution in [0.25, 0.3) is 0 Å². The third kappa shape index (κ3) is 1.88. The summed E-state index contributed by atoms with van der Waals surface area (Å²) in [5, 5.41) is 0. The van der Waals surface area contributed by atoms with Gasteiger partial charge >= 0.3 is 5.97 Å². The topological polar surface area (TPSA) is 26.3 Å². The summed E-state index contributed by atoms with van der Waals surface area (Å²) in [4.78, 5) is 13.3. The first kappa shape index (κ1) is 16.4. The summed E-state index contributed by atoms with van der Waals surface area (Å²) in [6.45, 7) is 7.25. The zero-order valence-corrected chi connectivity index (χ0v) is 16.8. The van der Waals surface area contributed by atoms with E-state index in [2.05, 4.69) is 20.8 Å². The van der Waals surface area contributed by atoms with Crippen LogP contribution in [0.1, 0.15) is 72.1 Å². The lowest BCUT2D eigenvalue weighted by Gasteiger charge is -2.44. The van der Waals surface area contributed by atoms with Crippen LogP contribution < -0.4 is 0 Å². The summed E-state index contributed by atoms with van der Waals surface area (Å²) in [5.74, 6) is 8.96. The van der Waals surface area contributed by atoms with Gasteiger partial charge in [-0.05, 0) is 111 Å². The van der Waals surface area contributed by atoms with Crippen LogP contribution in [0.2, 0.25) is 0 Å². The maximum Gasteiger partial charge on any atom is 0.309 e. The maximum absolute atomic E-state index is 13.3. The van der Waals surface area contributed by atoms with Crippen LogP contribution in [0.4, 0.5) is 0 Å². The van der Waals surface area contributed by atoms with Crippen LogP contribution in [0.5, 0.6) is 0 Å². The second-order valence-electron chi connectivity index (χ2n) is 11.4. The molecule has 6 rings (SSSR count). The molecule has 0 amide bonds. The van der Waals surface area contributed by atoms with Crippen LogP contribution in [0.3, 0.4) is 0 Å². The summed E-state index contributed by atoms with van der Waals surface area (Å²) in [6.07, 6.45) is 10.2. The Morgan fingerprint density at radius 2 is 1.73 bits per heavy atom. The van der Waals surface area contributed by atoms with Gasteiger partial charge in [-0.15, -0.1) is 0 Å². The van der Waals surface area contributed by atoms with Gasteiger partial charge in [-0.1, -0.05) is 20.8 Å². The van der Waals surface area contributed by atoms with Crippen molar-refractivity contribution in [2.75, 3.05) is 0 Å². The Balaban J connectivity index is 1.21. The Kier molecular flexibility index (Phi) is 3.34. The molecule has 2 nitrogen and oxygen atoms in total. The number of ether oxygens (including phenoxy) is 1. The molecule has 0 aromatic carbocycles. The summed E-state index contributed by atoms with van der Waals surface area (Å²) in [6, 6.07) is 0. The highest BCUT2D eigenvalue weighted by Gasteiger charge is 2.67. The van der Waals surface area contributed by atoms with E-state index in [1.54, 1.807) is 0 Å². The van der Waals surface area contributed by atoms with Gasteiger partial charge in [-0.25, -0.2) is 0 Å². The molecule has 0 spiro atoms. The minimum absolute atomic E-state index is 0.0856. The number of hydrogen-bond acceptors (Lipinski definition) is 2. The molecule has 0 aromatic heterocycles. The van der Waals surface area contributed by atoms with E-state index in [1.807, 2.05) is 0 Å². The van der Waals surface area contributed by atoms with Crippen molar-refractivity contribution in [3.63, 3.8) is 0 Å². The van der Waals surface area contributed by atoms with Gasteiger partial charge in [0.05, 0.1) is 5.92 Å². The highest BCUT2D eigenvalue weighted by atomic mass is 16.6. The Morgan fingerprint density at radius 3 is 2.38 bits per heavy atom. The van der Waals surface area contributed by atoms with Crippen LogP contribution in [0, 0.1) is 65.1 Å². The molecular formula is C24H36O2. The molecule has 6 bridgehead atoms. The molecule has 6 aliphatic rings. The molecule has 12 atom stereocenters. The lowest BCUT2D eigenvalue weighted by molar-refractivity contribution is -0.175. The highest BCUT2D eigenvalue weighted by Crippen LogP contribution is 2.71. The molecule has 0 aromatic rings. The van der Waals surface area contributed by atoms with Crippen molar-refractivity contribution in [3.05, 3.63) is 0 Å². The SMILES string of the molecule is CCC1(OC(=O)C2CC3CC2C2C4CC(C(C)C4C)C32)CC2CCC1C2. The summed E-state index contributed by atoms with van der Waals surface area (Å²) < 4.78 is 6.46. The third-order valence-electron chi connectivity index (χ3n) is 11.0. The smallest absolute Gasteiger partial charge is 0.309 e. The quantitative estimate of drug-likeness (QED) is 0.506. The fourth-order valence-electron chi connectivity index (χ4n) is 9.80. The van der Waals surface area contributed by atoms with Gasteiger partial charge in [-0.2, -0.15) is 0 Å². The van der Waals surface area contributed by atoms with Crippen molar-refractivity contribution >= 4 is 5.97 Å². The fourth-order valence-corrected chi connectivity index (χ4v) is 9.80. The van der Waals surface area contributed by atoms with Crippen molar-refractivity contribution in [2.24, 2.45) is 65.1 Å². The average molecular weight is 357 g/mol. The lowest BCUT2D eigenvalue weighted by Crippen LogP contribution is -2.45. The van der Waals surface area contributed by atoms with E-state index in [0.717, 1.165) is 66.6 Å². The number of rotatable bonds is 3. The Bertz CT molecular complexity index is 628. The van der Waals surface area contributed by atoms with E-state index in [0.29, 0.717) is 11.8 Å². The third-order valence-corrected chi connectivity index (χ3v) is 11.0. The standard InChI is InChI=1S/C24H36O2/c1-4-24(11-14-5-6-16(24)7-14)26-23(25)20-9-15-8-19(20)22-18-10-17(21(15)22)12(2)13(18)3/h12-22H,4-11H2,1-3H3. The summed E-state index contributed by atoms with van der Waals surface area (Å²) in [5.41, 5.74) is -0.0856. The van der Waals surface area contributed by atoms with E-state index < -0.39 is 0 Å². The van der Waals surface area contributed by atoms with Crippen molar-refractivity contribution in [1.82, 2.24) is 0 Å². The van der Waals surface area contributed by atoms with Gasteiger partial charge in [0.15, 0.2) is 0 Å². The molecular weight excluding hydrogens is 320 g/mol. The zero-order chi connectivity index (χ0) is 17.8. The molecule has 0 radical (unpaired) electrons. The van der Waals surface area contributed by atoms with Gasteiger partial charge in [0.25, 0.3) is 0 Å². The number of fused-ring (bicyclic) bond motifs is 11. The summed E-state index contributed by atoms with van der Waals surface area (Å²) >= 11 is 0. The first-order valence-electron chi connectivity index (χ1n) is 11.7. The van der Waals surface area contributed by atoms with Crippen molar-refractivity contribution in [2.45, 2.75) is 77.7 Å². The van der Waals surface area contributed by atoms with E-state index >= 15 is 0 Å². The number of carbonyl (C=O) groups is 1. The largest absolute Gasteiger partial charge is 0.459 e. The van der Waals surface area contributed by atoms with E-state index in [-0.39, 0.29) is 17.5 Å². The minimum Gasteiger partial charge on any atom is -0.459 e. The molecule has 12 unspecified atom stereocenters. The minimum atomic E-state index is -0.0856. The molecule has 0 saturated heterocycles. The molecule has 144 valence electrons. The molecule has 0 heterocycles. The van der Waals surface area contributed by atoms with Crippen LogP contribution in [0.15, 0.2) is 0 Å². The molecule has 0 aliphatic heterocycles. The van der Waals surface area contributed by atoms with Crippen molar-refractivity contribution in [3.8, 4) is 0 Å². The van der Waals surface area contributed by atoms with E-state index in [9.17, 15) is 4.79 Å². The zero-order valence-electron chi connectivity index (χ0n) is 16.8. The van der Waals surface area contributed by atoms with Gasteiger partial charge in [0, 0.05) is 0 Å². The van der Waals surface area contributed by atoms with Crippen LogP contribution >= 0.6 is 0 Å². The molecule has 26 heavy (non-hydrogen) atoms.